The van der Waals surface area contributed by atoms with Gasteiger partial charge in [0.25, 0.3) is 8.53 Å². The van der Waals surface area contributed by atoms with E-state index in [4.69, 9.17) is 19.1 Å². The van der Waals surface area contributed by atoms with Crippen LogP contribution in [0.15, 0.2) is 11.6 Å². The maximum Gasteiger partial charge on any atom is 0.539 e. The molecule has 0 aromatic heterocycles. The number of rotatable bonds is 18. The molecule has 4 fully saturated rings. The highest BCUT2D eigenvalue weighted by Gasteiger charge is 2.60. The molecule has 0 radical (unpaired) electrons. The molecule has 0 aromatic carbocycles. The van der Waals surface area contributed by atoms with E-state index in [1.807, 2.05) is 6.92 Å². The van der Waals surface area contributed by atoms with E-state index >= 15 is 0 Å². The number of hydrogen-bond donors (Lipinski definition) is 0. The molecule has 3 saturated carbocycles. The van der Waals surface area contributed by atoms with Crippen molar-refractivity contribution in [3.8, 4) is 6.07 Å². The van der Waals surface area contributed by atoms with E-state index in [1.54, 1.807) is 4.90 Å². The molecule has 4 aliphatic carbocycles. The third-order valence-electron chi connectivity index (χ3n) is 15.5. The van der Waals surface area contributed by atoms with Gasteiger partial charge in [-0.05, 0) is 125 Å². The second kappa shape index (κ2) is 20.6. The largest absolute Gasteiger partial charge is 0.539 e. The fraction of sp³-hybridized carbons (Fsp3) is 0.872. The van der Waals surface area contributed by atoms with E-state index in [0.29, 0.717) is 65.8 Å². The lowest BCUT2D eigenvalue weighted by Gasteiger charge is -2.57. The van der Waals surface area contributed by atoms with Crippen LogP contribution < -0.4 is 0 Å². The molecule has 5 aliphatic rings. The van der Waals surface area contributed by atoms with Crippen molar-refractivity contribution in [3.63, 3.8) is 0 Å². The highest BCUT2D eigenvalue weighted by Crippen LogP contribution is 2.67. The number of hydrogen-bond acceptors (Lipinski definition) is 7. The minimum Gasteiger partial charge on any atom is -0.337 e. The molecule has 0 aromatic rings. The Hall–Kier alpha value is -2.06. The normalized spacial score (nSPS) is 32.4. The molecule has 2 amide bonds. The molecule has 0 spiro atoms. The van der Waals surface area contributed by atoms with E-state index < -0.39 is 20.6 Å². The van der Waals surface area contributed by atoms with Gasteiger partial charge in [0.05, 0.1) is 42.8 Å². The van der Waals surface area contributed by atoms with Gasteiger partial charge in [-0.3, -0.25) is 9.63 Å². The number of nitrogens with zero attached hydrogens (tertiary/aromatic N) is 4. The fourth-order valence-electron chi connectivity index (χ4n) is 12.5. The first-order chi connectivity index (χ1) is 28.3. The van der Waals surface area contributed by atoms with Gasteiger partial charge in [-0.1, -0.05) is 72.5 Å². The van der Waals surface area contributed by atoms with Gasteiger partial charge in [-0.25, -0.2) is 9.46 Å². The Kier molecular flexibility index (Phi) is 16.8. The number of fused-ring (bicyclic) bond motifs is 5. The van der Waals surface area contributed by atoms with Crippen molar-refractivity contribution >= 4 is 26.1 Å². The summed E-state index contributed by atoms with van der Waals surface area (Å²) in [4.78, 5) is 34.2. The van der Waals surface area contributed by atoms with Crippen molar-refractivity contribution < 1.29 is 41.4 Å². The Bertz CT molecular complexity index is 1590. The molecule has 1 saturated heterocycles. The number of halogens is 3. The summed E-state index contributed by atoms with van der Waals surface area (Å²) in [5.74, 6) is 1.65. The van der Waals surface area contributed by atoms with Gasteiger partial charge < -0.3 is 13.9 Å². The Morgan fingerprint density at radius 3 is 2.38 bits per heavy atom. The van der Waals surface area contributed by atoms with E-state index in [1.165, 1.54) is 38.5 Å². The average Bonchev–Trinajstić information content (AvgIpc) is 3.75. The van der Waals surface area contributed by atoms with Crippen LogP contribution in [-0.4, -0.2) is 82.0 Å². The number of likely N-dealkylation sites (tertiary alicyclic amines) is 1. The van der Waals surface area contributed by atoms with E-state index in [0.717, 1.165) is 36.2 Å². The van der Waals surface area contributed by atoms with Crippen LogP contribution in [-0.2, 0) is 23.5 Å². The van der Waals surface area contributed by atoms with Gasteiger partial charge >= 0.3 is 12.1 Å². The third kappa shape index (κ3) is 10.8. The number of carbonyl (C=O) groups is 2. The maximum absolute atomic E-state index is 14.2. The monoisotopic (exact) mass is 866 g/mol. The summed E-state index contributed by atoms with van der Waals surface area (Å²) >= 11 is 0. The minimum absolute atomic E-state index is 0.115. The van der Waals surface area contributed by atoms with Crippen LogP contribution in [0.4, 0.5) is 13.2 Å². The Balaban J connectivity index is 1.25. The first-order valence-corrected chi connectivity index (χ1v) is 24.5. The van der Waals surface area contributed by atoms with Crippen LogP contribution in [0.3, 0.4) is 0 Å². The highest BCUT2D eigenvalue weighted by molar-refractivity contribution is 7.44. The van der Waals surface area contributed by atoms with E-state index in [9.17, 15) is 22.8 Å². The molecule has 0 bridgehead atoms. The zero-order chi connectivity index (χ0) is 44.2. The molecule has 1 heterocycles. The van der Waals surface area contributed by atoms with Crippen LogP contribution in [0.25, 0.3) is 0 Å². The number of carbonyl (C=O) groups excluding carboxylic acids is 2. The molecule has 9 nitrogen and oxygen atoms in total. The third-order valence-corrected chi connectivity index (χ3v) is 17.7. The van der Waals surface area contributed by atoms with Crippen molar-refractivity contribution in [2.45, 2.75) is 196 Å². The van der Waals surface area contributed by atoms with Crippen molar-refractivity contribution in [1.82, 2.24) is 9.57 Å². The highest BCUT2D eigenvalue weighted by atomic mass is 31.2. The summed E-state index contributed by atoms with van der Waals surface area (Å²) in [7, 11) is -1.50. The van der Waals surface area contributed by atoms with Gasteiger partial charge in [0.1, 0.15) is 0 Å². The summed E-state index contributed by atoms with van der Waals surface area (Å²) in [6.07, 6.45) is 9.29. The van der Waals surface area contributed by atoms with Crippen molar-refractivity contribution in [2.24, 2.45) is 46.3 Å². The van der Waals surface area contributed by atoms with Gasteiger partial charge in [0, 0.05) is 31.1 Å². The molecule has 5 rings (SSSR count). The van der Waals surface area contributed by atoms with E-state index in [2.05, 4.69) is 79.1 Å². The molecule has 340 valence electrons. The lowest BCUT2D eigenvalue weighted by molar-refractivity contribution is -0.728. The summed E-state index contributed by atoms with van der Waals surface area (Å²) in [5.41, 5.74) is 1.69. The molecule has 13 heteroatoms. The Morgan fingerprint density at radius 2 is 1.75 bits per heavy atom. The van der Waals surface area contributed by atoms with Crippen molar-refractivity contribution in [2.75, 3.05) is 19.8 Å². The van der Waals surface area contributed by atoms with Crippen LogP contribution >= 0.6 is 8.53 Å². The van der Waals surface area contributed by atoms with Crippen LogP contribution in [0.2, 0.25) is 0 Å². The molecular weight excluding hydrogens is 789 g/mol. The molecule has 10 atom stereocenters. The standard InChI is InChI=1S/C47H77F3N4O5P/c1-11-36-29-38(59-60(58-26-13-25-51)54(32(4)5)33(6)7)30-52(36)43(55)22-27-57-53(44(56)47(48,49)50)37-20-23-45(9)35(28-37)16-17-39-41-19-18-40(34(8)15-12-14-31(2)3)46(41,10)24-21-42(39)45/h16,31-34,36,38-42H,11-15,17-24,26-30H2,1-10H3/q+1/b53-37+/t34-,36-,38-,39?,40-,41?,42?,45+,46-,60?/m1/s1. The summed E-state index contributed by atoms with van der Waals surface area (Å²) < 4.78 is 57.7. The summed E-state index contributed by atoms with van der Waals surface area (Å²) in [6, 6.07) is 2.25. The van der Waals surface area contributed by atoms with Crippen LogP contribution in [0, 0.1) is 57.7 Å². The maximum atomic E-state index is 14.2. The average molecular weight is 866 g/mol. The number of allylic oxidation sites excluding steroid dienone is 2. The quantitative estimate of drug-likeness (QED) is 0.0445. The Labute approximate surface area is 361 Å². The molecule has 60 heavy (non-hydrogen) atoms. The number of hydroxylamine groups is 1. The zero-order valence-electron chi connectivity index (χ0n) is 38.5. The van der Waals surface area contributed by atoms with Gasteiger partial charge in [0.2, 0.25) is 11.6 Å². The second-order valence-electron chi connectivity index (χ2n) is 20.3. The fourth-order valence-corrected chi connectivity index (χ4v) is 14.2. The van der Waals surface area contributed by atoms with Crippen LogP contribution in [0.5, 0.6) is 0 Å². The number of amides is 2. The van der Waals surface area contributed by atoms with Crippen molar-refractivity contribution in [3.05, 3.63) is 11.6 Å². The first-order valence-electron chi connectivity index (χ1n) is 23.4. The van der Waals surface area contributed by atoms with Gasteiger partial charge in [0.15, 0.2) is 6.61 Å². The number of alkyl halides is 3. The minimum atomic E-state index is -5.12. The van der Waals surface area contributed by atoms with E-state index in [-0.39, 0.29) is 68.0 Å². The summed E-state index contributed by atoms with van der Waals surface area (Å²) in [5, 5.41) is 9.09. The lowest BCUT2D eigenvalue weighted by Crippen LogP contribution is -2.51. The Morgan fingerprint density at radius 1 is 1.03 bits per heavy atom. The molecule has 1 aliphatic heterocycles. The molecule has 0 N–H and O–H groups in total. The number of nitriles is 1. The van der Waals surface area contributed by atoms with Crippen molar-refractivity contribution in [1.29, 1.82) is 5.26 Å². The summed E-state index contributed by atoms with van der Waals surface area (Å²) in [6.45, 7) is 22.5. The second-order valence-corrected chi connectivity index (χ2v) is 21.7. The SMILES string of the molecule is CC[C@@H]1C[C@@H](OP(OCCC#N)N(C(C)C)C(C)C)CN1C(=O)CCO/[N+](C(=O)C(F)(F)F)=C1\CC[C@@]2(C)C(=CCC3C2CC[C@@]2(C)C3CC[C@@H]2[C@H](C)CCCC(C)C)C1. The lowest BCUT2D eigenvalue weighted by atomic mass is 9.47. The van der Waals surface area contributed by atoms with Gasteiger partial charge in [-0.2, -0.15) is 18.4 Å². The topological polar surface area (TPSA) is 95.1 Å². The smallest absolute Gasteiger partial charge is 0.337 e. The molecule has 4 unspecified atom stereocenters. The molecular formula is C47H77F3N4O5P+. The predicted octanol–water partition coefficient (Wildman–Crippen LogP) is 11.6. The predicted molar refractivity (Wildman–Crippen MR) is 230 cm³/mol. The zero-order valence-corrected chi connectivity index (χ0v) is 39.4. The van der Waals surface area contributed by atoms with Crippen LogP contribution in [0.1, 0.15) is 166 Å². The first kappa shape index (κ1) is 49.0. The van der Waals surface area contributed by atoms with Gasteiger partial charge in [-0.15, -0.1) is 0 Å².